The van der Waals surface area contributed by atoms with Gasteiger partial charge in [0.15, 0.2) is 11.6 Å². The third kappa shape index (κ3) is 3.69. The first-order chi connectivity index (χ1) is 15.1. The normalized spacial score (nSPS) is 16.5. The van der Waals surface area contributed by atoms with Crippen molar-refractivity contribution in [1.29, 1.82) is 5.26 Å². The molecule has 156 valence electrons. The van der Waals surface area contributed by atoms with Crippen molar-refractivity contribution in [3.8, 4) is 17.2 Å². The molecule has 5 rings (SSSR count). The minimum Gasteiger partial charge on any atom is -0.315 e. The summed E-state index contributed by atoms with van der Waals surface area (Å²) in [5, 5.41) is 21.7. The van der Waals surface area contributed by atoms with Gasteiger partial charge >= 0.3 is 0 Å². The van der Waals surface area contributed by atoms with Crippen LogP contribution in [0.3, 0.4) is 0 Å². The Bertz CT molecular complexity index is 1300. The van der Waals surface area contributed by atoms with E-state index in [1.807, 2.05) is 23.1 Å². The lowest BCUT2D eigenvalue weighted by Crippen LogP contribution is -2.31. The Labute approximate surface area is 181 Å². The van der Waals surface area contributed by atoms with Crippen LogP contribution in [0.25, 0.3) is 16.6 Å². The van der Waals surface area contributed by atoms with E-state index in [9.17, 15) is 14.0 Å². The summed E-state index contributed by atoms with van der Waals surface area (Å²) in [5.74, 6) is -1.82. The van der Waals surface area contributed by atoms with Gasteiger partial charge in [-0.05, 0) is 37.6 Å². The number of fused-ring (bicyclic) bond motifs is 1. The van der Waals surface area contributed by atoms with Crippen LogP contribution in [0, 0.1) is 23.0 Å². The van der Waals surface area contributed by atoms with E-state index in [-0.39, 0.29) is 4.90 Å². The minimum atomic E-state index is -0.910. The molecule has 0 amide bonds. The molecular formula is C22H18F2N6S. The Morgan fingerprint density at radius 1 is 1.13 bits per heavy atom. The summed E-state index contributed by atoms with van der Waals surface area (Å²) in [6, 6.07) is 8.35. The number of aromatic nitrogens is 4. The summed E-state index contributed by atoms with van der Waals surface area (Å²) >= 11 is 1.07. The summed E-state index contributed by atoms with van der Waals surface area (Å²) < 4.78 is 31.6. The summed E-state index contributed by atoms with van der Waals surface area (Å²) in [4.78, 5) is 0.760. The number of halogens is 2. The number of piperidine rings is 1. The van der Waals surface area contributed by atoms with E-state index in [0.717, 1.165) is 54.9 Å². The van der Waals surface area contributed by atoms with Crippen molar-refractivity contribution < 1.29 is 8.78 Å². The molecule has 4 heterocycles. The second-order valence-corrected chi connectivity index (χ2v) is 8.50. The summed E-state index contributed by atoms with van der Waals surface area (Å²) in [5.41, 5.74) is 2.65. The van der Waals surface area contributed by atoms with Crippen molar-refractivity contribution in [2.75, 3.05) is 13.1 Å². The third-order valence-corrected chi connectivity index (χ3v) is 6.48. The number of benzene rings is 1. The monoisotopic (exact) mass is 436 g/mol. The molecule has 1 saturated heterocycles. The van der Waals surface area contributed by atoms with Crippen molar-refractivity contribution in [1.82, 2.24) is 24.7 Å². The molecule has 0 bridgehead atoms. The lowest BCUT2D eigenvalue weighted by Gasteiger charge is -2.22. The van der Waals surface area contributed by atoms with E-state index >= 15 is 0 Å². The number of nitrogens with one attached hydrogen (secondary N) is 1. The maximum atomic E-state index is 14.3. The van der Waals surface area contributed by atoms with Crippen LogP contribution in [0.15, 0.2) is 58.8 Å². The number of nitriles is 1. The highest BCUT2D eigenvalue weighted by Crippen LogP contribution is 2.37. The summed E-state index contributed by atoms with van der Waals surface area (Å²) in [6.45, 7) is 1.91. The van der Waals surface area contributed by atoms with Crippen LogP contribution in [0.2, 0.25) is 0 Å². The zero-order valence-corrected chi connectivity index (χ0v) is 17.2. The van der Waals surface area contributed by atoms with Gasteiger partial charge < -0.3 is 5.32 Å². The number of hydrogen-bond donors (Lipinski definition) is 1. The van der Waals surface area contributed by atoms with E-state index < -0.39 is 11.6 Å². The smallest absolute Gasteiger partial charge is 0.172 e. The second kappa shape index (κ2) is 8.13. The van der Waals surface area contributed by atoms with Gasteiger partial charge in [0.2, 0.25) is 0 Å². The maximum Gasteiger partial charge on any atom is 0.172 e. The molecule has 4 aromatic rings. The Hall–Kier alpha value is -3.22. The zero-order chi connectivity index (χ0) is 21.4. The molecule has 0 radical (unpaired) electrons. The predicted molar refractivity (Wildman–Crippen MR) is 113 cm³/mol. The average molecular weight is 436 g/mol. The van der Waals surface area contributed by atoms with Gasteiger partial charge in [0.1, 0.15) is 6.07 Å². The Morgan fingerprint density at radius 2 is 2.03 bits per heavy atom. The number of pyridine rings is 1. The van der Waals surface area contributed by atoms with Crippen LogP contribution in [0.1, 0.15) is 24.4 Å². The molecule has 1 atom stereocenters. The van der Waals surface area contributed by atoms with Gasteiger partial charge in [-0.2, -0.15) is 15.5 Å². The average Bonchev–Trinajstić information content (AvgIpc) is 3.45. The SMILES string of the molecule is N#Cc1cnn2cc(-c3cnn([C@H]4CCCNC4)c3)cc(Sc3cccc(F)c3F)c12. The molecule has 1 aliphatic rings. The molecule has 0 aliphatic carbocycles. The molecule has 1 aromatic carbocycles. The van der Waals surface area contributed by atoms with E-state index in [1.165, 1.54) is 18.3 Å². The quantitative estimate of drug-likeness (QED) is 0.513. The lowest BCUT2D eigenvalue weighted by molar-refractivity contribution is 0.347. The highest BCUT2D eigenvalue weighted by Gasteiger charge is 2.19. The van der Waals surface area contributed by atoms with E-state index in [2.05, 4.69) is 21.6 Å². The van der Waals surface area contributed by atoms with Crippen molar-refractivity contribution in [3.63, 3.8) is 0 Å². The number of hydrogen-bond acceptors (Lipinski definition) is 5. The van der Waals surface area contributed by atoms with Crippen molar-refractivity contribution >= 4 is 17.3 Å². The summed E-state index contributed by atoms with van der Waals surface area (Å²) in [6.07, 6.45) is 9.26. The fourth-order valence-electron chi connectivity index (χ4n) is 3.83. The fraction of sp³-hybridized carbons (Fsp3) is 0.227. The van der Waals surface area contributed by atoms with Gasteiger partial charge in [0.25, 0.3) is 0 Å². The van der Waals surface area contributed by atoms with Crippen molar-refractivity contribution in [2.24, 2.45) is 0 Å². The molecule has 1 N–H and O–H groups in total. The van der Waals surface area contributed by atoms with Gasteiger partial charge in [0.05, 0.1) is 34.4 Å². The first-order valence-electron chi connectivity index (χ1n) is 9.92. The van der Waals surface area contributed by atoms with Gasteiger partial charge in [-0.25, -0.2) is 13.3 Å². The Balaban J connectivity index is 1.58. The topological polar surface area (TPSA) is 70.9 Å². The molecule has 9 heteroatoms. The predicted octanol–water partition coefficient (Wildman–Crippen LogP) is 4.42. The van der Waals surface area contributed by atoms with E-state index in [1.54, 1.807) is 10.7 Å². The largest absolute Gasteiger partial charge is 0.315 e. The van der Waals surface area contributed by atoms with Gasteiger partial charge in [-0.1, -0.05) is 17.8 Å². The molecular weight excluding hydrogens is 418 g/mol. The lowest BCUT2D eigenvalue weighted by atomic mass is 10.1. The van der Waals surface area contributed by atoms with E-state index in [0.29, 0.717) is 22.0 Å². The molecule has 31 heavy (non-hydrogen) atoms. The third-order valence-electron chi connectivity index (χ3n) is 5.41. The molecule has 0 spiro atoms. The number of nitrogens with zero attached hydrogens (tertiary/aromatic N) is 5. The maximum absolute atomic E-state index is 14.3. The molecule has 6 nitrogen and oxygen atoms in total. The second-order valence-electron chi connectivity index (χ2n) is 7.42. The first kappa shape index (κ1) is 19.7. The first-order valence-corrected chi connectivity index (χ1v) is 10.7. The molecule has 3 aromatic heterocycles. The van der Waals surface area contributed by atoms with Crippen LogP contribution in [0.5, 0.6) is 0 Å². The van der Waals surface area contributed by atoms with Crippen LogP contribution in [-0.4, -0.2) is 32.5 Å². The molecule has 1 fully saturated rings. The highest BCUT2D eigenvalue weighted by atomic mass is 32.2. The van der Waals surface area contributed by atoms with Crippen LogP contribution < -0.4 is 5.32 Å². The standard InChI is InChI=1S/C22H18F2N6S/c23-18-4-1-5-19(21(18)24)31-20-7-14(12-30-22(20)15(8-25)9-28-30)16-10-27-29(13-16)17-3-2-6-26-11-17/h1,4-5,7,9-10,12-13,17,26H,2-3,6,11H2/t17-/m0/s1. The number of rotatable bonds is 4. The van der Waals surface area contributed by atoms with E-state index in [4.69, 9.17) is 0 Å². The zero-order valence-electron chi connectivity index (χ0n) is 16.4. The van der Waals surface area contributed by atoms with Crippen LogP contribution >= 0.6 is 11.8 Å². The molecule has 0 saturated carbocycles. The van der Waals surface area contributed by atoms with Crippen LogP contribution in [0.4, 0.5) is 8.78 Å². The van der Waals surface area contributed by atoms with Crippen LogP contribution in [-0.2, 0) is 0 Å². The highest BCUT2D eigenvalue weighted by molar-refractivity contribution is 7.99. The van der Waals surface area contributed by atoms with Gasteiger partial charge in [-0.15, -0.1) is 0 Å². The fourth-order valence-corrected chi connectivity index (χ4v) is 4.89. The Kier molecular flexibility index (Phi) is 5.18. The summed E-state index contributed by atoms with van der Waals surface area (Å²) in [7, 11) is 0. The van der Waals surface area contributed by atoms with Gasteiger partial charge in [0, 0.05) is 35.0 Å². The van der Waals surface area contributed by atoms with Gasteiger partial charge in [-0.3, -0.25) is 4.68 Å². The van der Waals surface area contributed by atoms with Crippen molar-refractivity contribution in [3.05, 3.63) is 66.3 Å². The Morgan fingerprint density at radius 3 is 2.84 bits per heavy atom. The minimum absolute atomic E-state index is 0.146. The molecule has 1 aliphatic heterocycles. The van der Waals surface area contributed by atoms with Crippen molar-refractivity contribution in [2.45, 2.75) is 28.7 Å². The molecule has 0 unspecified atom stereocenters.